The standard InChI is InChI=1S/C25H20F5N3/c1-3-11-24(2,14-16-4-9-20(26)21(27)13-16)22-10-12-31-23-19(15-32-33(22)23)17-5-7-18(8-6-17)25(28,29)30/h4-15H,3H2,1-2H3. The van der Waals surface area contributed by atoms with Crippen molar-refractivity contribution in [3.8, 4) is 11.1 Å². The average molecular weight is 457 g/mol. The van der Waals surface area contributed by atoms with Crippen LogP contribution in [0.4, 0.5) is 22.0 Å². The Bertz CT molecular complexity index is 1280. The van der Waals surface area contributed by atoms with Crippen LogP contribution in [0.3, 0.4) is 0 Å². The van der Waals surface area contributed by atoms with E-state index < -0.39 is 28.8 Å². The molecule has 0 aliphatic carbocycles. The summed E-state index contributed by atoms with van der Waals surface area (Å²) in [5, 5.41) is 4.45. The molecule has 0 bridgehead atoms. The quantitative estimate of drug-likeness (QED) is 0.298. The van der Waals surface area contributed by atoms with Gasteiger partial charge in [-0.25, -0.2) is 18.3 Å². The maximum Gasteiger partial charge on any atom is 0.416 e. The van der Waals surface area contributed by atoms with Gasteiger partial charge in [-0.2, -0.15) is 18.3 Å². The summed E-state index contributed by atoms with van der Waals surface area (Å²) in [7, 11) is 0. The van der Waals surface area contributed by atoms with Crippen LogP contribution >= 0.6 is 0 Å². The van der Waals surface area contributed by atoms with Crippen molar-refractivity contribution in [2.45, 2.75) is 31.9 Å². The second kappa shape index (κ2) is 8.57. The minimum absolute atomic E-state index is 0.474. The molecule has 2 heterocycles. The predicted molar refractivity (Wildman–Crippen MR) is 115 cm³/mol. The molecule has 0 spiro atoms. The van der Waals surface area contributed by atoms with E-state index in [0.717, 1.165) is 30.0 Å². The molecule has 1 atom stereocenters. The van der Waals surface area contributed by atoms with Crippen molar-refractivity contribution in [3.63, 3.8) is 0 Å². The summed E-state index contributed by atoms with van der Waals surface area (Å²) in [6.45, 7) is 3.89. The molecule has 33 heavy (non-hydrogen) atoms. The maximum atomic E-state index is 13.8. The van der Waals surface area contributed by atoms with Gasteiger partial charge in [0.2, 0.25) is 0 Å². The van der Waals surface area contributed by atoms with Gasteiger partial charge >= 0.3 is 6.18 Å². The van der Waals surface area contributed by atoms with Crippen molar-refractivity contribution < 1.29 is 22.0 Å². The van der Waals surface area contributed by atoms with Gasteiger partial charge in [-0.3, -0.25) is 0 Å². The molecular weight excluding hydrogens is 437 g/mol. The van der Waals surface area contributed by atoms with Gasteiger partial charge in [0.25, 0.3) is 0 Å². The van der Waals surface area contributed by atoms with E-state index in [1.807, 2.05) is 26.7 Å². The van der Waals surface area contributed by atoms with E-state index >= 15 is 0 Å². The van der Waals surface area contributed by atoms with Gasteiger partial charge in [0.1, 0.15) is 0 Å². The van der Waals surface area contributed by atoms with Crippen LogP contribution in [-0.4, -0.2) is 14.6 Å². The van der Waals surface area contributed by atoms with Crippen LogP contribution < -0.4 is 0 Å². The lowest BCUT2D eigenvalue weighted by Gasteiger charge is -2.29. The van der Waals surface area contributed by atoms with Gasteiger partial charge in [-0.15, -0.1) is 0 Å². The average Bonchev–Trinajstić information content (AvgIpc) is 3.20. The third-order valence-electron chi connectivity index (χ3n) is 5.51. The smallest absolute Gasteiger partial charge is 0.236 e. The van der Waals surface area contributed by atoms with Gasteiger partial charge in [0.15, 0.2) is 17.3 Å². The number of rotatable bonds is 6. The van der Waals surface area contributed by atoms with Crippen molar-refractivity contribution in [3.05, 3.63) is 102 Å². The summed E-state index contributed by atoms with van der Waals surface area (Å²) in [6.07, 6.45) is 3.25. The first-order chi connectivity index (χ1) is 15.6. The van der Waals surface area contributed by atoms with Crippen molar-refractivity contribution in [2.75, 3.05) is 0 Å². The molecule has 0 fully saturated rings. The normalized spacial score (nSPS) is 13.9. The highest BCUT2D eigenvalue weighted by molar-refractivity contribution is 5.77. The number of fused-ring (bicyclic) bond motifs is 1. The maximum absolute atomic E-state index is 13.8. The summed E-state index contributed by atoms with van der Waals surface area (Å²) < 4.78 is 67.5. The minimum Gasteiger partial charge on any atom is -0.236 e. The molecule has 0 N–H and O–H groups in total. The summed E-state index contributed by atoms with van der Waals surface area (Å²) in [5.74, 6) is -1.86. The molecule has 2 aromatic carbocycles. The summed E-state index contributed by atoms with van der Waals surface area (Å²) in [6, 6.07) is 10.3. The Morgan fingerprint density at radius 2 is 1.70 bits per heavy atom. The van der Waals surface area contributed by atoms with Crippen LogP contribution in [0.15, 0.2) is 60.9 Å². The van der Waals surface area contributed by atoms with Crippen molar-refractivity contribution in [1.29, 1.82) is 0 Å². The molecule has 2 aromatic heterocycles. The van der Waals surface area contributed by atoms with E-state index in [-0.39, 0.29) is 0 Å². The van der Waals surface area contributed by atoms with Crippen LogP contribution in [0.1, 0.15) is 37.1 Å². The van der Waals surface area contributed by atoms with E-state index in [2.05, 4.69) is 10.1 Å². The Morgan fingerprint density at radius 3 is 2.33 bits per heavy atom. The van der Waals surface area contributed by atoms with Crippen LogP contribution in [-0.2, 0) is 11.6 Å². The van der Waals surface area contributed by atoms with Crippen LogP contribution in [0.25, 0.3) is 16.8 Å². The molecule has 1 unspecified atom stereocenters. The number of hydrogen-bond acceptors (Lipinski definition) is 2. The molecule has 170 valence electrons. The lowest BCUT2D eigenvalue weighted by atomic mass is 9.76. The van der Waals surface area contributed by atoms with Crippen molar-refractivity contribution >= 4 is 5.65 Å². The van der Waals surface area contributed by atoms with E-state index in [1.165, 1.54) is 18.2 Å². The fraction of sp³-hybridized carbons (Fsp3) is 0.200. The van der Waals surface area contributed by atoms with Gasteiger partial charge in [-0.05, 0) is 47.9 Å². The van der Waals surface area contributed by atoms with E-state index in [9.17, 15) is 22.0 Å². The van der Waals surface area contributed by atoms with Gasteiger partial charge in [0, 0.05) is 23.6 Å². The van der Waals surface area contributed by atoms with Gasteiger partial charge < -0.3 is 0 Å². The van der Waals surface area contributed by atoms with Crippen LogP contribution in [0, 0.1) is 24.5 Å². The SMILES string of the molecule is CC[CH]C(C)([CH]c1ccc(F)c(F)c1)c1ccnc2c(-c3ccc(C(F)(F)F)cc3)cnn12. The molecular formula is C25H20F5N3. The fourth-order valence-electron chi connectivity index (χ4n) is 3.95. The Morgan fingerprint density at radius 1 is 0.970 bits per heavy atom. The minimum atomic E-state index is -4.42. The summed E-state index contributed by atoms with van der Waals surface area (Å²) in [4.78, 5) is 4.40. The first kappa shape index (κ1) is 22.9. The fourth-order valence-corrected chi connectivity index (χ4v) is 3.95. The second-order valence-corrected chi connectivity index (χ2v) is 7.91. The molecule has 4 rings (SSSR count). The lowest BCUT2D eigenvalue weighted by molar-refractivity contribution is -0.137. The first-order valence-corrected chi connectivity index (χ1v) is 10.3. The second-order valence-electron chi connectivity index (χ2n) is 7.91. The molecule has 0 saturated heterocycles. The zero-order valence-electron chi connectivity index (χ0n) is 17.9. The molecule has 0 saturated carbocycles. The number of alkyl halides is 3. The number of hydrogen-bond donors (Lipinski definition) is 0. The van der Waals surface area contributed by atoms with Gasteiger partial charge in [-0.1, -0.05) is 38.5 Å². The first-order valence-electron chi connectivity index (χ1n) is 10.3. The highest BCUT2D eigenvalue weighted by Crippen LogP contribution is 2.36. The van der Waals surface area contributed by atoms with E-state index in [0.29, 0.717) is 28.8 Å². The molecule has 2 radical (unpaired) electrons. The third kappa shape index (κ3) is 4.47. The number of benzene rings is 2. The molecule has 0 aliphatic rings. The largest absolute Gasteiger partial charge is 0.416 e. The summed E-state index contributed by atoms with van der Waals surface area (Å²) in [5.41, 5.74) is 1.37. The van der Waals surface area contributed by atoms with Gasteiger partial charge in [0.05, 0.1) is 17.5 Å². The molecule has 8 heteroatoms. The Kier molecular flexibility index (Phi) is 5.95. The number of aromatic nitrogens is 3. The molecule has 0 aliphatic heterocycles. The topological polar surface area (TPSA) is 30.2 Å². The Hall–Kier alpha value is -3.29. The van der Waals surface area contributed by atoms with E-state index in [4.69, 9.17) is 0 Å². The molecule has 3 nitrogen and oxygen atoms in total. The van der Waals surface area contributed by atoms with Crippen LogP contribution in [0.2, 0.25) is 0 Å². The zero-order chi connectivity index (χ0) is 23.8. The van der Waals surface area contributed by atoms with Crippen molar-refractivity contribution in [1.82, 2.24) is 14.6 Å². The number of nitrogens with zero attached hydrogens (tertiary/aromatic N) is 3. The lowest BCUT2D eigenvalue weighted by Crippen LogP contribution is -2.27. The van der Waals surface area contributed by atoms with E-state index in [1.54, 1.807) is 23.0 Å². The Labute approximate surface area is 187 Å². The summed E-state index contributed by atoms with van der Waals surface area (Å²) >= 11 is 0. The zero-order valence-corrected chi connectivity index (χ0v) is 17.9. The Balaban J connectivity index is 1.77. The van der Waals surface area contributed by atoms with Crippen molar-refractivity contribution in [2.24, 2.45) is 0 Å². The molecule has 4 aromatic rings. The predicted octanol–water partition coefficient (Wildman–Crippen LogP) is 6.82. The molecule has 0 amide bonds. The number of halogens is 5. The monoisotopic (exact) mass is 457 g/mol. The third-order valence-corrected chi connectivity index (χ3v) is 5.51. The van der Waals surface area contributed by atoms with Crippen LogP contribution in [0.5, 0.6) is 0 Å². The highest BCUT2D eigenvalue weighted by atomic mass is 19.4. The highest BCUT2D eigenvalue weighted by Gasteiger charge is 2.32.